The fourth-order valence-corrected chi connectivity index (χ4v) is 3.63. The molecular formula is C14H23NS2. The Hall–Kier alpha value is -0.120. The first-order chi connectivity index (χ1) is 7.99. The second kappa shape index (κ2) is 7.34. The molecule has 0 saturated carbocycles. The summed E-state index contributed by atoms with van der Waals surface area (Å²) in [6, 6.07) is 9.44. The molecule has 0 aliphatic rings. The van der Waals surface area contributed by atoms with Crippen molar-refractivity contribution in [1.82, 2.24) is 5.32 Å². The Balaban J connectivity index is 2.42. The third kappa shape index (κ3) is 5.84. The second-order valence-corrected chi connectivity index (χ2v) is 7.48. The van der Waals surface area contributed by atoms with Gasteiger partial charge < -0.3 is 5.32 Å². The van der Waals surface area contributed by atoms with E-state index in [9.17, 15) is 0 Å². The van der Waals surface area contributed by atoms with E-state index in [1.165, 1.54) is 10.5 Å². The standard InChI is InChI=1S/C14H23NS2/c1-10(2)13-6-8-14(9-7-13)17-16-12(5)15-11(3)4/h6-12,15H,1-5H3. The summed E-state index contributed by atoms with van der Waals surface area (Å²) >= 11 is 0. The monoisotopic (exact) mass is 269 g/mol. The van der Waals surface area contributed by atoms with E-state index in [0.717, 1.165) is 0 Å². The van der Waals surface area contributed by atoms with Crippen LogP contribution in [0.2, 0.25) is 0 Å². The molecule has 1 nitrogen and oxygen atoms in total. The van der Waals surface area contributed by atoms with Crippen LogP contribution in [0.3, 0.4) is 0 Å². The van der Waals surface area contributed by atoms with Crippen LogP contribution < -0.4 is 5.32 Å². The summed E-state index contributed by atoms with van der Waals surface area (Å²) in [5.41, 5.74) is 1.41. The van der Waals surface area contributed by atoms with E-state index in [-0.39, 0.29) is 0 Å². The van der Waals surface area contributed by atoms with Crippen LogP contribution in [0, 0.1) is 0 Å². The predicted molar refractivity (Wildman–Crippen MR) is 81.7 cm³/mol. The highest BCUT2D eigenvalue weighted by Crippen LogP contribution is 2.34. The first kappa shape index (κ1) is 14.9. The quantitative estimate of drug-likeness (QED) is 0.583. The molecule has 3 heteroatoms. The number of hydrogen-bond donors (Lipinski definition) is 1. The van der Waals surface area contributed by atoms with Crippen LogP contribution in [0.5, 0.6) is 0 Å². The van der Waals surface area contributed by atoms with E-state index in [0.29, 0.717) is 17.3 Å². The lowest BCUT2D eigenvalue weighted by molar-refractivity contribution is 0.588. The van der Waals surface area contributed by atoms with Gasteiger partial charge in [0.25, 0.3) is 0 Å². The highest BCUT2D eigenvalue weighted by Gasteiger charge is 2.05. The summed E-state index contributed by atoms with van der Waals surface area (Å²) in [6.07, 6.45) is 0. The topological polar surface area (TPSA) is 12.0 Å². The molecule has 17 heavy (non-hydrogen) atoms. The van der Waals surface area contributed by atoms with E-state index in [1.807, 2.05) is 21.6 Å². The minimum Gasteiger partial charge on any atom is -0.303 e. The van der Waals surface area contributed by atoms with Crippen molar-refractivity contribution < 1.29 is 0 Å². The third-order valence-corrected chi connectivity index (χ3v) is 5.12. The first-order valence-corrected chi connectivity index (χ1v) is 8.39. The summed E-state index contributed by atoms with van der Waals surface area (Å²) in [6.45, 7) is 11.0. The summed E-state index contributed by atoms with van der Waals surface area (Å²) in [5, 5.41) is 3.96. The van der Waals surface area contributed by atoms with Gasteiger partial charge in [0.2, 0.25) is 0 Å². The highest BCUT2D eigenvalue weighted by molar-refractivity contribution is 8.76. The van der Waals surface area contributed by atoms with Gasteiger partial charge in [0.05, 0.1) is 5.37 Å². The first-order valence-electron chi connectivity index (χ1n) is 6.18. The van der Waals surface area contributed by atoms with Crippen molar-refractivity contribution in [2.75, 3.05) is 0 Å². The molecule has 0 amide bonds. The molecule has 0 aliphatic carbocycles. The van der Waals surface area contributed by atoms with E-state index in [1.54, 1.807) is 0 Å². The molecule has 1 aromatic rings. The summed E-state index contributed by atoms with van der Waals surface area (Å²) in [7, 11) is 3.72. The van der Waals surface area contributed by atoms with Crippen molar-refractivity contribution in [3.63, 3.8) is 0 Å². The molecule has 0 bridgehead atoms. The molecule has 0 saturated heterocycles. The van der Waals surface area contributed by atoms with Crippen molar-refractivity contribution >= 4 is 21.6 Å². The van der Waals surface area contributed by atoms with E-state index in [2.05, 4.69) is 64.2 Å². The van der Waals surface area contributed by atoms with Crippen LogP contribution in [0.4, 0.5) is 0 Å². The fraction of sp³-hybridized carbons (Fsp3) is 0.571. The molecule has 0 aliphatic heterocycles. The summed E-state index contributed by atoms with van der Waals surface area (Å²) < 4.78 is 0. The molecule has 96 valence electrons. The maximum Gasteiger partial charge on any atom is 0.0613 e. The minimum absolute atomic E-state index is 0.477. The lowest BCUT2D eigenvalue weighted by Crippen LogP contribution is -2.29. The summed E-state index contributed by atoms with van der Waals surface area (Å²) in [5.74, 6) is 0.614. The van der Waals surface area contributed by atoms with Crippen molar-refractivity contribution in [2.45, 2.75) is 56.8 Å². The van der Waals surface area contributed by atoms with Crippen molar-refractivity contribution in [3.05, 3.63) is 29.8 Å². The average Bonchev–Trinajstić information content (AvgIpc) is 2.26. The van der Waals surface area contributed by atoms with Crippen LogP contribution in [0.25, 0.3) is 0 Å². The van der Waals surface area contributed by atoms with Gasteiger partial charge >= 0.3 is 0 Å². The fourth-order valence-electron chi connectivity index (χ4n) is 1.53. The van der Waals surface area contributed by atoms with Crippen LogP contribution in [-0.4, -0.2) is 11.4 Å². The summed E-state index contributed by atoms with van der Waals surface area (Å²) in [4.78, 5) is 1.33. The van der Waals surface area contributed by atoms with Gasteiger partial charge in [-0.1, -0.05) is 47.6 Å². The molecular weight excluding hydrogens is 246 g/mol. The van der Waals surface area contributed by atoms with Gasteiger partial charge in [-0.3, -0.25) is 0 Å². The van der Waals surface area contributed by atoms with Gasteiger partial charge in [0.15, 0.2) is 0 Å². The zero-order valence-electron chi connectivity index (χ0n) is 11.4. The van der Waals surface area contributed by atoms with Crippen LogP contribution in [0.1, 0.15) is 46.1 Å². The molecule has 0 radical (unpaired) electrons. The Labute approximate surface area is 114 Å². The van der Waals surface area contributed by atoms with Gasteiger partial charge in [-0.15, -0.1) is 0 Å². The van der Waals surface area contributed by atoms with Gasteiger partial charge in [0, 0.05) is 10.9 Å². The van der Waals surface area contributed by atoms with Crippen molar-refractivity contribution in [3.8, 4) is 0 Å². The lowest BCUT2D eigenvalue weighted by atomic mass is 10.0. The number of nitrogens with one attached hydrogen (secondary N) is 1. The Morgan fingerprint density at radius 3 is 2.00 bits per heavy atom. The maximum atomic E-state index is 3.48. The SMILES string of the molecule is CC(C)NC(C)SSc1ccc(C(C)C)cc1. The third-order valence-electron chi connectivity index (χ3n) is 2.40. The van der Waals surface area contributed by atoms with Gasteiger partial charge in [-0.05, 0) is 44.4 Å². The largest absolute Gasteiger partial charge is 0.303 e. The molecule has 1 atom stereocenters. The highest BCUT2D eigenvalue weighted by atomic mass is 33.1. The van der Waals surface area contributed by atoms with Crippen molar-refractivity contribution in [2.24, 2.45) is 0 Å². The Morgan fingerprint density at radius 1 is 0.941 bits per heavy atom. The van der Waals surface area contributed by atoms with Crippen molar-refractivity contribution in [1.29, 1.82) is 0 Å². The van der Waals surface area contributed by atoms with E-state index >= 15 is 0 Å². The number of benzene rings is 1. The maximum absolute atomic E-state index is 3.48. The van der Waals surface area contributed by atoms with Crippen LogP contribution >= 0.6 is 21.6 Å². The zero-order valence-corrected chi connectivity index (χ0v) is 13.0. The predicted octanol–water partition coefficient (Wildman–Crippen LogP) is 4.89. The average molecular weight is 269 g/mol. The van der Waals surface area contributed by atoms with E-state index in [4.69, 9.17) is 0 Å². The molecule has 1 unspecified atom stereocenters. The van der Waals surface area contributed by atoms with E-state index < -0.39 is 0 Å². The number of hydrogen-bond acceptors (Lipinski definition) is 3. The Bertz CT molecular complexity index is 319. The Kier molecular flexibility index (Phi) is 6.45. The second-order valence-electron chi connectivity index (χ2n) is 4.87. The van der Waals surface area contributed by atoms with Gasteiger partial charge in [0.1, 0.15) is 0 Å². The molecule has 1 N–H and O–H groups in total. The molecule has 1 rings (SSSR count). The minimum atomic E-state index is 0.477. The molecule has 0 heterocycles. The van der Waals surface area contributed by atoms with Gasteiger partial charge in [-0.2, -0.15) is 0 Å². The molecule has 1 aromatic carbocycles. The van der Waals surface area contributed by atoms with Crippen LogP contribution in [0.15, 0.2) is 29.2 Å². The smallest absolute Gasteiger partial charge is 0.0613 e. The molecule has 0 fully saturated rings. The van der Waals surface area contributed by atoms with Gasteiger partial charge in [-0.25, -0.2) is 0 Å². The lowest BCUT2D eigenvalue weighted by Gasteiger charge is -2.15. The normalized spacial score (nSPS) is 13.4. The molecule has 0 spiro atoms. The zero-order chi connectivity index (χ0) is 12.8. The number of rotatable bonds is 6. The molecule has 0 aromatic heterocycles. The Morgan fingerprint density at radius 2 is 1.53 bits per heavy atom. The van der Waals surface area contributed by atoms with Crippen LogP contribution in [-0.2, 0) is 0 Å².